The van der Waals surface area contributed by atoms with Crippen LogP contribution in [0.15, 0.2) is 47.0 Å². The van der Waals surface area contributed by atoms with Gasteiger partial charge in [0.2, 0.25) is 11.7 Å². The van der Waals surface area contributed by atoms with Crippen LogP contribution in [0.2, 0.25) is 0 Å². The second-order valence-corrected chi connectivity index (χ2v) is 6.51. The maximum Gasteiger partial charge on any atom is 0.387 e. The summed E-state index contributed by atoms with van der Waals surface area (Å²) in [6.45, 7) is 0.562. The van der Waals surface area contributed by atoms with Gasteiger partial charge in [0.05, 0.1) is 20.3 Å². The molecule has 1 heterocycles. The maximum absolute atomic E-state index is 12.5. The molecule has 0 atom stereocenters. The van der Waals surface area contributed by atoms with Crippen LogP contribution >= 0.6 is 0 Å². The fraction of sp³-hybridized carbons (Fsp3) is 0.333. The van der Waals surface area contributed by atoms with Crippen LogP contribution in [-0.4, -0.2) is 42.4 Å². The van der Waals surface area contributed by atoms with Crippen LogP contribution in [0.5, 0.6) is 17.2 Å². The lowest BCUT2D eigenvalue weighted by molar-refractivity contribution is -0.0512. The summed E-state index contributed by atoms with van der Waals surface area (Å²) in [5.74, 6) is 1.99. The van der Waals surface area contributed by atoms with Crippen molar-refractivity contribution >= 4 is 0 Å². The van der Waals surface area contributed by atoms with Gasteiger partial charge < -0.3 is 18.7 Å². The molecule has 0 spiro atoms. The first-order valence-corrected chi connectivity index (χ1v) is 9.34. The fourth-order valence-electron chi connectivity index (χ4n) is 2.91. The Bertz CT molecular complexity index is 948. The second kappa shape index (κ2) is 10.0. The molecular formula is C21H23F2N3O4. The maximum atomic E-state index is 12.5. The number of benzene rings is 2. The molecule has 160 valence electrons. The molecular weight excluding hydrogens is 396 g/mol. The summed E-state index contributed by atoms with van der Waals surface area (Å²) in [6.07, 6.45) is 0. The summed E-state index contributed by atoms with van der Waals surface area (Å²) in [6, 6.07) is 12.3. The highest BCUT2D eigenvalue weighted by Crippen LogP contribution is 2.30. The van der Waals surface area contributed by atoms with Gasteiger partial charge in [-0.05, 0) is 55.9 Å². The van der Waals surface area contributed by atoms with Crippen molar-refractivity contribution in [2.45, 2.75) is 26.6 Å². The molecule has 0 fully saturated rings. The molecule has 0 unspecified atom stereocenters. The zero-order valence-electron chi connectivity index (χ0n) is 17.0. The van der Waals surface area contributed by atoms with E-state index in [1.165, 1.54) is 13.2 Å². The number of hydrogen-bond donors (Lipinski definition) is 0. The van der Waals surface area contributed by atoms with E-state index in [1.54, 1.807) is 12.1 Å². The SMILES string of the molecule is CCOc1ccc(-c2noc(CN(C)Cc3ccc(OC(F)F)c(OC)c3)n2)cc1. The molecule has 30 heavy (non-hydrogen) atoms. The predicted octanol–water partition coefficient (Wildman–Crippen LogP) is 4.38. The van der Waals surface area contributed by atoms with Gasteiger partial charge in [-0.25, -0.2) is 0 Å². The average molecular weight is 419 g/mol. The van der Waals surface area contributed by atoms with Crippen LogP contribution in [0.4, 0.5) is 8.78 Å². The zero-order chi connectivity index (χ0) is 21.5. The molecule has 0 saturated carbocycles. The van der Waals surface area contributed by atoms with Gasteiger partial charge in [0, 0.05) is 12.1 Å². The number of hydrogen-bond acceptors (Lipinski definition) is 7. The largest absolute Gasteiger partial charge is 0.494 e. The first-order chi connectivity index (χ1) is 14.5. The molecule has 3 rings (SSSR count). The van der Waals surface area contributed by atoms with Gasteiger partial charge in [0.1, 0.15) is 5.75 Å². The highest BCUT2D eigenvalue weighted by molar-refractivity contribution is 5.55. The van der Waals surface area contributed by atoms with E-state index in [0.29, 0.717) is 31.4 Å². The molecule has 0 aliphatic carbocycles. The summed E-state index contributed by atoms with van der Waals surface area (Å²) in [4.78, 5) is 6.39. The Hall–Kier alpha value is -3.20. The van der Waals surface area contributed by atoms with E-state index in [-0.39, 0.29) is 11.5 Å². The third-order valence-electron chi connectivity index (χ3n) is 4.19. The minimum absolute atomic E-state index is 0.00389. The molecule has 0 N–H and O–H groups in total. The van der Waals surface area contributed by atoms with E-state index in [4.69, 9.17) is 14.0 Å². The van der Waals surface area contributed by atoms with Gasteiger partial charge in [-0.3, -0.25) is 4.90 Å². The lowest BCUT2D eigenvalue weighted by Gasteiger charge is -2.16. The van der Waals surface area contributed by atoms with Crippen molar-refractivity contribution in [2.24, 2.45) is 0 Å². The van der Waals surface area contributed by atoms with Gasteiger partial charge in [-0.1, -0.05) is 11.2 Å². The highest BCUT2D eigenvalue weighted by Gasteiger charge is 2.14. The van der Waals surface area contributed by atoms with Crippen LogP contribution in [-0.2, 0) is 13.1 Å². The number of halogens is 2. The van der Waals surface area contributed by atoms with E-state index in [1.807, 2.05) is 43.1 Å². The molecule has 0 aliphatic rings. The monoisotopic (exact) mass is 419 g/mol. The van der Waals surface area contributed by atoms with Gasteiger partial charge in [-0.2, -0.15) is 13.8 Å². The van der Waals surface area contributed by atoms with E-state index < -0.39 is 6.61 Å². The number of nitrogens with zero attached hydrogens (tertiary/aromatic N) is 3. The Labute approximate surface area is 173 Å². The quantitative estimate of drug-likeness (QED) is 0.483. The minimum atomic E-state index is -2.91. The van der Waals surface area contributed by atoms with Crippen LogP contribution < -0.4 is 14.2 Å². The molecule has 0 amide bonds. The Balaban J connectivity index is 1.62. The van der Waals surface area contributed by atoms with Crippen LogP contribution in [0.25, 0.3) is 11.4 Å². The number of rotatable bonds is 10. The Morgan fingerprint density at radius 2 is 1.83 bits per heavy atom. The Kier molecular flexibility index (Phi) is 7.18. The predicted molar refractivity (Wildman–Crippen MR) is 106 cm³/mol. The van der Waals surface area contributed by atoms with Gasteiger partial charge >= 0.3 is 6.61 Å². The van der Waals surface area contributed by atoms with E-state index in [2.05, 4.69) is 14.9 Å². The van der Waals surface area contributed by atoms with Crippen molar-refractivity contribution in [2.75, 3.05) is 20.8 Å². The Morgan fingerprint density at radius 3 is 2.50 bits per heavy atom. The number of alkyl halides is 2. The molecule has 9 heteroatoms. The average Bonchev–Trinajstić information content (AvgIpc) is 3.18. The molecule has 1 aromatic heterocycles. The van der Waals surface area contributed by atoms with Crippen molar-refractivity contribution in [3.63, 3.8) is 0 Å². The van der Waals surface area contributed by atoms with Crippen molar-refractivity contribution in [1.82, 2.24) is 15.0 Å². The molecule has 0 radical (unpaired) electrons. The molecule has 0 saturated heterocycles. The summed E-state index contributed by atoms with van der Waals surface area (Å²) < 4.78 is 45.3. The van der Waals surface area contributed by atoms with Crippen molar-refractivity contribution < 1.29 is 27.5 Å². The molecule has 3 aromatic rings. The van der Waals surface area contributed by atoms with Crippen LogP contribution in [0.1, 0.15) is 18.4 Å². The fourth-order valence-corrected chi connectivity index (χ4v) is 2.91. The first kappa shape index (κ1) is 21.5. The topological polar surface area (TPSA) is 69.9 Å². The normalized spacial score (nSPS) is 11.2. The van der Waals surface area contributed by atoms with Gasteiger partial charge in [0.25, 0.3) is 0 Å². The number of methoxy groups -OCH3 is 1. The summed E-state index contributed by atoms with van der Waals surface area (Å²) in [5, 5.41) is 4.03. The molecule has 7 nitrogen and oxygen atoms in total. The van der Waals surface area contributed by atoms with Crippen molar-refractivity contribution in [1.29, 1.82) is 0 Å². The van der Waals surface area contributed by atoms with Gasteiger partial charge in [0.15, 0.2) is 11.5 Å². The zero-order valence-corrected chi connectivity index (χ0v) is 17.0. The summed E-state index contributed by atoms with van der Waals surface area (Å²) >= 11 is 0. The minimum Gasteiger partial charge on any atom is -0.494 e. The summed E-state index contributed by atoms with van der Waals surface area (Å²) in [5.41, 5.74) is 1.69. The molecule has 0 aliphatic heterocycles. The standard InChI is InChI=1S/C21H23F2N3O4/c1-4-28-16-8-6-15(7-9-16)20-24-19(30-25-20)13-26(2)12-14-5-10-17(29-21(22)23)18(11-14)27-3/h5-11,21H,4,12-13H2,1-3H3. The number of aromatic nitrogens is 2. The van der Waals surface area contributed by atoms with Gasteiger partial charge in [-0.15, -0.1) is 0 Å². The van der Waals surface area contributed by atoms with Crippen molar-refractivity contribution in [3.8, 4) is 28.6 Å². The van der Waals surface area contributed by atoms with E-state index >= 15 is 0 Å². The third kappa shape index (κ3) is 5.66. The number of ether oxygens (including phenoxy) is 3. The lowest BCUT2D eigenvalue weighted by Crippen LogP contribution is -2.17. The van der Waals surface area contributed by atoms with Crippen molar-refractivity contribution in [3.05, 3.63) is 53.9 Å². The second-order valence-electron chi connectivity index (χ2n) is 6.51. The molecule has 0 bridgehead atoms. The molecule has 2 aromatic carbocycles. The van der Waals surface area contributed by atoms with Crippen LogP contribution in [0, 0.1) is 0 Å². The van der Waals surface area contributed by atoms with E-state index in [0.717, 1.165) is 16.9 Å². The Morgan fingerprint density at radius 1 is 1.07 bits per heavy atom. The first-order valence-electron chi connectivity index (χ1n) is 9.34. The summed E-state index contributed by atoms with van der Waals surface area (Å²) in [7, 11) is 3.29. The third-order valence-corrected chi connectivity index (χ3v) is 4.19. The highest BCUT2D eigenvalue weighted by atomic mass is 19.3. The lowest BCUT2D eigenvalue weighted by atomic mass is 10.2. The van der Waals surface area contributed by atoms with Crippen LogP contribution in [0.3, 0.4) is 0 Å². The van der Waals surface area contributed by atoms with E-state index in [9.17, 15) is 8.78 Å². The smallest absolute Gasteiger partial charge is 0.387 e.